The summed E-state index contributed by atoms with van der Waals surface area (Å²) < 4.78 is 5.59. The molecule has 0 heterocycles. The minimum Gasteiger partial charge on any atom is -0.508 e. The van der Waals surface area contributed by atoms with E-state index >= 15 is 0 Å². The number of aliphatic hydroxyl groups is 1. The third-order valence-corrected chi connectivity index (χ3v) is 4.15. The average Bonchev–Trinajstić information content (AvgIpc) is 2.47. The van der Waals surface area contributed by atoms with Gasteiger partial charge in [0.1, 0.15) is 11.5 Å². The van der Waals surface area contributed by atoms with Crippen LogP contribution < -0.4 is 4.74 Å². The average molecular weight is 314 g/mol. The minimum absolute atomic E-state index is 0.186. The first-order chi connectivity index (χ1) is 10.6. The summed E-state index contributed by atoms with van der Waals surface area (Å²) in [6.07, 6.45) is -0.849. The van der Waals surface area contributed by atoms with Crippen molar-refractivity contribution in [1.29, 1.82) is 0 Å². The normalized spacial score (nSPS) is 13.7. The summed E-state index contributed by atoms with van der Waals surface area (Å²) in [5.41, 5.74) is 1.75. The molecule has 0 radical (unpaired) electrons. The van der Waals surface area contributed by atoms with Crippen LogP contribution >= 0.6 is 0 Å². The molecule has 0 saturated heterocycles. The van der Waals surface area contributed by atoms with Crippen LogP contribution in [0.4, 0.5) is 0 Å². The first-order valence-electron chi connectivity index (χ1n) is 7.85. The van der Waals surface area contributed by atoms with Crippen molar-refractivity contribution in [2.24, 2.45) is 5.41 Å². The zero-order valence-electron chi connectivity index (χ0n) is 14.5. The number of hydrogen-bond acceptors (Lipinski definition) is 3. The van der Waals surface area contributed by atoms with Gasteiger partial charge in [0.25, 0.3) is 0 Å². The number of phenolic OH excluding ortho intramolecular Hbond substituents is 1. The van der Waals surface area contributed by atoms with E-state index in [4.69, 9.17) is 4.74 Å². The number of phenols is 1. The molecule has 23 heavy (non-hydrogen) atoms. The standard InChI is InChI=1S/C20H26O3/c1-19(2,3)18(22)23-17-12-8-15(9-13-17)20(4,5)14-6-10-16(21)11-7-14/h6-13,18,21-22H,1-5H3. The topological polar surface area (TPSA) is 49.7 Å². The molecule has 1 atom stereocenters. The Morgan fingerprint density at radius 2 is 1.22 bits per heavy atom. The van der Waals surface area contributed by atoms with E-state index in [1.165, 1.54) is 0 Å². The van der Waals surface area contributed by atoms with Gasteiger partial charge in [0.2, 0.25) is 6.29 Å². The zero-order chi connectivity index (χ0) is 17.3. The van der Waals surface area contributed by atoms with Crippen molar-refractivity contribution in [2.45, 2.75) is 46.3 Å². The Morgan fingerprint density at radius 1 is 0.783 bits per heavy atom. The van der Waals surface area contributed by atoms with Crippen LogP contribution in [-0.4, -0.2) is 16.5 Å². The summed E-state index contributed by atoms with van der Waals surface area (Å²) in [5.74, 6) is 0.919. The van der Waals surface area contributed by atoms with Crippen molar-refractivity contribution in [3.8, 4) is 11.5 Å². The lowest BCUT2D eigenvalue weighted by Gasteiger charge is -2.28. The molecule has 0 aromatic heterocycles. The van der Waals surface area contributed by atoms with Gasteiger partial charge < -0.3 is 14.9 Å². The Balaban J connectivity index is 2.20. The van der Waals surface area contributed by atoms with Crippen molar-refractivity contribution in [2.75, 3.05) is 0 Å². The van der Waals surface area contributed by atoms with Crippen molar-refractivity contribution < 1.29 is 14.9 Å². The maximum atomic E-state index is 10.0. The van der Waals surface area contributed by atoms with Gasteiger partial charge in [-0.05, 0) is 35.4 Å². The summed E-state index contributed by atoms with van der Waals surface area (Å²) in [6.45, 7) is 10.1. The second kappa shape index (κ2) is 6.25. The highest BCUT2D eigenvalue weighted by molar-refractivity contribution is 5.41. The van der Waals surface area contributed by atoms with Crippen molar-refractivity contribution in [3.05, 3.63) is 59.7 Å². The van der Waals surface area contributed by atoms with Gasteiger partial charge in [-0.25, -0.2) is 0 Å². The van der Waals surface area contributed by atoms with Gasteiger partial charge >= 0.3 is 0 Å². The summed E-state index contributed by atoms with van der Waals surface area (Å²) in [7, 11) is 0. The molecule has 3 heteroatoms. The summed E-state index contributed by atoms with van der Waals surface area (Å²) >= 11 is 0. The predicted octanol–water partition coefficient (Wildman–Crippen LogP) is 4.46. The first kappa shape index (κ1) is 17.4. The number of rotatable bonds is 4. The van der Waals surface area contributed by atoms with Crippen LogP contribution in [0.5, 0.6) is 11.5 Å². The minimum atomic E-state index is -0.849. The molecule has 2 aromatic carbocycles. The van der Waals surface area contributed by atoms with Crippen LogP contribution in [0.25, 0.3) is 0 Å². The van der Waals surface area contributed by atoms with Crippen molar-refractivity contribution in [1.82, 2.24) is 0 Å². The fourth-order valence-corrected chi connectivity index (χ4v) is 2.30. The van der Waals surface area contributed by atoms with Gasteiger partial charge in [-0.15, -0.1) is 0 Å². The first-order valence-corrected chi connectivity index (χ1v) is 7.85. The molecule has 0 aliphatic carbocycles. The molecule has 0 spiro atoms. The SMILES string of the molecule is CC(C)(c1ccc(O)cc1)c1ccc(OC(O)C(C)(C)C)cc1. The zero-order valence-corrected chi connectivity index (χ0v) is 14.5. The molecular formula is C20H26O3. The summed E-state index contributed by atoms with van der Waals surface area (Å²) in [6, 6.07) is 15.1. The fourth-order valence-electron chi connectivity index (χ4n) is 2.30. The molecule has 0 amide bonds. The lowest BCUT2D eigenvalue weighted by atomic mass is 9.78. The van der Waals surface area contributed by atoms with Crippen LogP contribution in [-0.2, 0) is 5.41 Å². The molecule has 3 nitrogen and oxygen atoms in total. The van der Waals surface area contributed by atoms with Crippen LogP contribution in [0, 0.1) is 5.41 Å². The van der Waals surface area contributed by atoms with Crippen LogP contribution in [0.2, 0.25) is 0 Å². The van der Waals surface area contributed by atoms with E-state index in [1.54, 1.807) is 12.1 Å². The van der Waals surface area contributed by atoms with Gasteiger partial charge in [-0.1, -0.05) is 58.9 Å². The Morgan fingerprint density at radius 3 is 1.65 bits per heavy atom. The van der Waals surface area contributed by atoms with E-state index in [-0.39, 0.29) is 16.6 Å². The number of ether oxygens (including phenoxy) is 1. The Hall–Kier alpha value is -2.00. The highest BCUT2D eigenvalue weighted by Gasteiger charge is 2.25. The van der Waals surface area contributed by atoms with Crippen molar-refractivity contribution in [3.63, 3.8) is 0 Å². The second-order valence-electron chi connectivity index (χ2n) is 7.53. The van der Waals surface area contributed by atoms with Gasteiger partial charge in [0.05, 0.1) is 0 Å². The predicted molar refractivity (Wildman–Crippen MR) is 92.8 cm³/mol. The van der Waals surface area contributed by atoms with Gasteiger partial charge in [-0.2, -0.15) is 0 Å². The highest BCUT2D eigenvalue weighted by Crippen LogP contribution is 2.33. The van der Waals surface area contributed by atoms with E-state index < -0.39 is 6.29 Å². The lowest BCUT2D eigenvalue weighted by molar-refractivity contribution is -0.0931. The van der Waals surface area contributed by atoms with Gasteiger partial charge in [0, 0.05) is 10.8 Å². The Bertz CT molecular complexity index is 634. The third kappa shape index (κ3) is 4.05. The molecule has 0 aliphatic rings. The van der Waals surface area contributed by atoms with Crippen molar-refractivity contribution >= 4 is 0 Å². The molecule has 0 fully saturated rings. The van der Waals surface area contributed by atoms with Crippen LogP contribution in [0.3, 0.4) is 0 Å². The molecule has 124 valence electrons. The number of aliphatic hydroxyl groups excluding tert-OH is 1. The second-order valence-corrected chi connectivity index (χ2v) is 7.53. The fraction of sp³-hybridized carbons (Fsp3) is 0.400. The number of aromatic hydroxyl groups is 1. The maximum absolute atomic E-state index is 10.0. The lowest BCUT2D eigenvalue weighted by Crippen LogP contribution is -2.31. The summed E-state index contributed by atoms with van der Waals surface area (Å²) in [5, 5.41) is 19.5. The monoisotopic (exact) mass is 314 g/mol. The smallest absolute Gasteiger partial charge is 0.202 e. The van der Waals surface area contributed by atoms with Gasteiger partial charge in [0.15, 0.2) is 0 Å². The molecule has 2 aromatic rings. The van der Waals surface area contributed by atoms with E-state index in [2.05, 4.69) is 13.8 Å². The van der Waals surface area contributed by atoms with Crippen LogP contribution in [0.1, 0.15) is 45.7 Å². The molecule has 2 N–H and O–H groups in total. The number of hydrogen-bond donors (Lipinski definition) is 2. The molecule has 0 aliphatic heterocycles. The summed E-state index contributed by atoms with van der Waals surface area (Å²) in [4.78, 5) is 0. The molecule has 1 unspecified atom stereocenters. The third-order valence-electron chi connectivity index (χ3n) is 4.15. The number of benzene rings is 2. The molecule has 2 rings (SSSR count). The highest BCUT2D eigenvalue weighted by atomic mass is 16.6. The largest absolute Gasteiger partial charge is 0.508 e. The van der Waals surface area contributed by atoms with E-state index in [0.29, 0.717) is 5.75 Å². The van der Waals surface area contributed by atoms with Crippen LogP contribution in [0.15, 0.2) is 48.5 Å². The Labute approximate surface area is 138 Å². The molecular weight excluding hydrogens is 288 g/mol. The maximum Gasteiger partial charge on any atom is 0.202 e. The Kier molecular flexibility index (Phi) is 4.71. The van der Waals surface area contributed by atoms with Gasteiger partial charge in [-0.3, -0.25) is 0 Å². The quantitative estimate of drug-likeness (QED) is 0.819. The molecule has 0 bridgehead atoms. The molecule has 0 saturated carbocycles. The van der Waals surface area contributed by atoms with E-state index in [1.807, 2.05) is 57.2 Å². The van der Waals surface area contributed by atoms with E-state index in [9.17, 15) is 10.2 Å². The van der Waals surface area contributed by atoms with E-state index in [0.717, 1.165) is 11.1 Å².